The summed E-state index contributed by atoms with van der Waals surface area (Å²) in [4.78, 5) is 0. The molecule has 0 aliphatic carbocycles. The highest BCUT2D eigenvalue weighted by Gasteiger charge is 2.20. The molecule has 0 radical (unpaired) electrons. The van der Waals surface area contributed by atoms with Gasteiger partial charge in [0.1, 0.15) is 5.75 Å². The number of hydrogen-bond donors (Lipinski definition) is 2. The van der Waals surface area contributed by atoms with Gasteiger partial charge < -0.3 is 4.74 Å². The van der Waals surface area contributed by atoms with E-state index in [1.165, 1.54) is 5.56 Å². The van der Waals surface area contributed by atoms with Crippen LogP contribution in [0.25, 0.3) is 0 Å². The first-order chi connectivity index (χ1) is 9.20. The Kier molecular flexibility index (Phi) is 3.00. The monoisotopic (exact) mass is 258 g/mol. The van der Waals surface area contributed by atoms with E-state index in [4.69, 9.17) is 10.6 Å². The lowest BCUT2D eigenvalue weighted by atomic mass is 9.97. The minimum absolute atomic E-state index is 0.0420. The molecule has 0 saturated carbocycles. The Balaban J connectivity index is 2.01. The van der Waals surface area contributed by atoms with Crippen LogP contribution in [0, 0.1) is 6.92 Å². The Morgan fingerprint density at radius 1 is 1.47 bits per heavy atom. The number of rotatable bonds is 3. The largest absolute Gasteiger partial charge is 0.493 e. The number of aryl methyl sites for hydroxylation is 1. The summed E-state index contributed by atoms with van der Waals surface area (Å²) in [6.07, 6.45) is 2.83. The molecule has 1 unspecified atom stereocenters. The molecule has 1 aromatic heterocycles. The average molecular weight is 258 g/mol. The van der Waals surface area contributed by atoms with E-state index in [0.717, 1.165) is 35.6 Å². The van der Waals surface area contributed by atoms with Crippen molar-refractivity contribution in [1.82, 2.24) is 15.2 Å². The summed E-state index contributed by atoms with van der Waals surface area (Å²) in [7, 11) is 1.93. The van der Waals surface area contributed by atoms with Gasteiger partial charge in [-0.25, -0.2) is 5.43 Å². The Labute approximate surface area is 112 Å². The molecule has 0 bridgehead atoms. The highest BCUT2D eigenvalue weighted by Crippen LogP contribution is 2.31. The maximum Gasteiger partial charge on any atom is 0.122 e. The molecule has 0 fully saturated rings. The van der Waals surface area contributed by atoms with Crippen LogP contribution in [0.15, 0.2) is 24.4 Å². The van der Waals surface area contributed by atoms with Crippen LogP contribution in [0.3, 0.4) is 0 Å². The van der Waals surface area contributed by atoms with Crippen LogP contribution in [0.2, 0.25) is 0 Å². The molecule has 1 aliphatic heterocycles. The van der Waals surface area contributed by atoms with Gasteiger partial charge in [0.25, 0.3) is 0 Å². The lowest BCUT2D eigenvalue weighted by Gasteiger charge is -2.17. The molecular weight excluding hydrogens is 240 g/mol. The predicted octanol–water partition coefficient (Wildman–Crippen LogP) is 1.22. The third-order valence-electron chi connectivity index (χ3n) is 3.80. The Hall–Kier alpha value is -1.85. The molecule has 19 heavy (non-hydrogen) atoms. The fourth-order valence-corrected chi connectivity index (χ4v) is 2.55. The summed E-state index contributed by atoms with van der Waals surface area (Å²) >= 11 is 0. The van der Waals surface area contributed by atoms with Crippen LogP contribution < -0.4 is 16.0 Å². The number of nitrogens with zero attached hydrogens (tertiary/aromatic N) is 2. The van der Waals surface area contributed by atoms with Gasteiger partial charge in [-0.3, -0.25) is 10.5 Å². The number of nitrogens with two attached hydrogens (primary N) is 1. The highest BCUT2D eigenvalue weighted by molar-refractivity contribution is 5.43. The average Bonchev–Trinajstić information content (AvgIpc) is 3.00. The van der Waals surface area contributed by atoms with Crippen molar-refractivity contribution in [3.63, 3.8) is 0 Å². The molecule has 3 N–H and O–H groups in total. The fraction of sp³-hybridized carbons (Fsp3) is 0.357. The molecule has 1 atom stereocenters. The van der Waals surface area contributed by atoms with Gasteiger partial charge in [0.2, 0.25) is 0 Å². The van der Waals surface area contributed by atoms with Gasteiger partial charge >= 0.3 is 0 Å². The van der Waals surface area contributed by atoms with E-state index < -0.39 is 0 Å². The lowest BCUT2D eigenvalue weighted by Crippen LogP contribution is -2.29. The molecule has 2 aromatic rings. The van der Waals surface area contributed by atoms with Crippen molar-refractivity contribution in [3.8, 4) is 5.75 Å². The van der Waals surface area contributed by atoms with E-state index in [-0.39, 0.29) is 6.04 Å². The van der Waals surface area contributed by atoms with Crippen LogP contribution >= 0.6 is 0 Å². The molecule has 5 nitrogen and oxygen atoms in total. The van der Waals surface area contributed by atoms with Gasteiger partial charge in [0, 0.05) is 24.7 Å². The number of nitrogens with one attached hydrogen (secondary N) is 1. The zero-order valence-electron chi connectivity index (χ0n) is 11.2. The van der Waals surface area contributed by atoms with E-state index in [9.17, 15) is 0 Å². The molecule has 3 rings (SSSR count). The fourth-order valence-electron chi connectivity index (χ4n) is 2.55. The minimum atomic E-state index is -0.0420. The number of hydrogen-bond acceptors (Lipinski definition) is 4. The van der Waals surface area contributed by atoms with E-state index >= 15 is 0 Å². The molecule has 1 aliphatic rings. The summed E-state index contributed by atoms with van der Waals surface area (Å²) in [5, 5.41) is 4.28. The second-order valence-electron chi connectivity index (χ2n) is 4.87. The SMILES string of the molecule is Cc1c(C(NN)c2ccc3c(c2)CCO3)cnn1C. The van der Waals surface area contributed by atoms with E-state index in [0.29, 0.717) is 0 Å². The van der Waals surface area contributed by atoms with Crippen molar-refractivity contribution in [3.05, 3.63) is 46.8 Å². The maximum absolute atomic E-state index is 5.74. The summed E-state index contributed by atoms with van der Waals surface area (Å²) < 4.78 is 7.39. The molecule has 2 heterocycles. The van der Waals surface area contributed by atoms with Gasteiger partial charge in [0.05, 0.1) is 18.8 Å². The number of hydrazine groups is 1. The van der Waals surface area contributed by atoms with E-state index in [1.54, 1.807) is 0 Å². The summed E-state index contributed by atoms with van der Waals surface area (Å²) in [5.74, 6) is 6.73. The van der Waals surface area contributed by atoms with Crippen molar-refractivity contribution in [2.24, 2.45) is 12.9 Å². The highest BCUT2D eigenvalue weighted by atomic mass is 16.5. The van der Waals surface area contributed by atoms with Crippen molar-refractivity contribution in [1.29, 1.82) is 0 Å². The number of aromatic nitrogens is 2. The van der Waals surface area contributed by atoms with Crippen LogP contribution in [0.4, 0.5) is 0 Å². The van der Waals surface area contributed by atoms with Crippen LogP contribution in [-0.4, -0.2) is 16.4 Å². The van der Waals surface area contributed by atoms with Crippen LogP contribution in [0.1, 0.15) is 28.4 Å². The first kappa shape index (κ1) is 12.2. The third kappa shape index (κ3) is 2.01. The smallest absolute Gasteiger partial charge is 0.122 e. The van der Waals surface area contributed by atoms with Gasteiger partial charge in [0.15, 0.2) is 0 Å². The Bertz CT molecular complexity index is 605. The normalized spacial score (nSPS) is 15.1. The predicted molar refractivity (Wildman–Crippen MR) is 72.8 cm³/mol. The number of fused-ring (bicyclic) bond motifs is 1. The second-order valence-corrected chi connectivity index (χ2v) is 4.87. The molecule has 0 amide bonds. The lowest BCUT2D eigenvalue weighted by molar-refractivity contribution is 0.357. The van der Waals surface area contributed by atoms with Crippen molar-refractivity contribution < 1.29 is 4.74 Å². The zero-order chi connectivity index (χ0) is 13.4. The summed E-state index contributed by atoms with van der Waals surface area (Å²) in [6.45, 7) is 2.81. The van der Waals surface area contributed by atoms with Crippen molar-refractivity contribution >= 4 is 0 Å². The Morgan fingerprint density at radius 2 is 2.32 bits per heavy atom. The van der Waals surface area contributed by atoms with Gasteiger partial charge in [-0.05, 0) is 24.1 Å². The first-order valence-electron chi connectivity index (χ1n) is 6.41. The molecule has 1 aromatic carbocycles. The summed E-state index contributed by atoms with van der Waals surface area (Å²) in [5.41, 5.74) is 7.49. The van der Waals surface area contributed by atoms with Crippen LogP contribution in [-0.2, 0) is 13.5 Å². The van der Waals surface area contributed by atoms with Crippen molar-refractivity contribution in [2.45, 2.75) is 19.4 Å². The van der Waals surface area contributed by atoms with Gasteiger partial charge in [-0.15, -0.1) is 0 Å². The number of benzene rings is 1. The van der Waals surface area contributed by atoms with Gasteiger partial charge in [-0.2, -0.15) is 5.10 Å². The topological polar surface area (TPSA) is 65.1 Å². The molecule has 0 saturated heterocycles. The number of ether oxygens (including phenoxy) is 1. The van der Waals surface area contributed by atoms with E-state index in [1.807, 2.05) is 30.9 Å². The zero-order valence-corrected chi connectivity index (χ0v) is 11.2. The molecule has 0 spiro atoms. The second kappa shape index (κ2) is 4.68. The molecular formula is C14H18N4O. The third-order valence-corrected chi connectivity index (χ3v) is 3.80. The Morgan fingerprint density at radius 3 is 3.00 bits per heavy atom. The minimum Gasteiger partial charge on any atom is -0.493 e. The first-order valence-corrected chi connectivity index (χ1v) is 6.41. The molecule has 100 valence electrons. The van der Waals surface area contributed by atoms with E-state index in [2.05, 4.69) is 22.7 Å². The molecule has 5 heteroatoms. The maximum atomic E-state index is 5.74. The van der Waals surface area contributed by atoms with Crippen molar-refractivity contribution in [2.75, 3.05) is 6.61 Å². The van der Waals surface area contributed by atoms with Crippen LogP contribution in [0.5, 0.6) is 5.75 Å². The quantitative estimate of drug-likeness (QED) is 0.641. The summed E-state index contributed by atoms with van der Waals surface area (Å²) in [6, 6.07) is 6.20. The standard InChI is InChI=1S/C14H18N4O/c1-9-12(8-16-18(9)2)14(17-15)11-3-4-13-10(7-11)5-6-19-13/h3-4,7-8,14,17H,5-6,15H2,1-2H3. The van der Waals surface area contributed by atoms with Gasteiger partial charge in [-0.1, -0.05) is 12.1 Å².